The SMILES string of the molecule is COc1ccc(-c2ncc(C(=O)O)[nH]2)cc1F. The van der Waals surface area contributed by atoms with Crippen LogP contribution in [0.25, 0.3) is 11.4 Å². The molecular formula is C11H9FN2O3. The van der Waals surface area contributed by atoms with Crippen molar-refractivity contribution in [3.05, 3.63) is 35.9 Å². The number of benzene rings is 1. The minimum absolute atomic E-state index is 0.0452. The van der Waals surface area contributed by atoms with Crippen LogP contribution in [0.5, 0.6) is 5.75 Å². The number of hydrogen-bond acceptors (Lipinski definition) is 3. The van der Waals surface area contributed by atoms with Crippen molar-refractivity contribution in [2.45, 2.75) is 0 Å². The Kier molecular flexibility index (Phi) is 2.78. The number of aromatic amines is 1. The summed E-state index contributed by atoms with van der Waals surface area (Å²) in [4.78, 5) is 17.1. The lowest BCUT2D eigenvalue weighted by Crippen LogP contribution is -1.95. The Morgan fingerprint density at radius 3 is 2.82 bits per heavy atom. The molecule has 2 rings (SSSR count). The lowest BCUT2D eigenvalue weighted by Gasteiger charge is -2.02. The number of methoxy groups -OCH3 is 1. The first-order valence-corrected chi connectivity index (χ1v) is 4.74. The zero-order chi connectivity index (χ0) is 12.4. The first kappa shape index (κ1) is 11.1. The average molecular weight is 236 g/mol. The Balaban J connectivity index is 2.39. The van der Waals surface area contributed by atoms with E-state index < -0.39 is 11.8 Å². The van der Waals surface area contributed by atoms with Gasteiger partial charge in [0.2, 0.25) is 0 Å². The van der Waals surface area contributed by atoms with Crippen LogP contribution >= 0.6 is 0 Å². The summed E-state index contributed by atoms with van der Waals surface area (Å²) in [6, 6.07) is 4.27. The molecule has 17 heavy (non-hydrogen) atoms. The molecule has 0 fully saturated rings. The minimum atomic E-state index is -1.11. The summed E-state index contributed by atoms with van der Waals surface area (Å²) in [5.41, 5.74) is 0.409. The first-order valence-electron chi connectivity index (χ1n) is 4.74. The fourth-order valence-corrected chi connectivity index (χ4v) is 1.39. The molecule has 5 nitrogen and oxygen atoms in total. The zero-order valence-corrected chi connectivity index (χ0v) is 8.90. The first-order chi connectivity index (χ1) is 8.11. The van der Waals surface area contributed by atoms with Crippen LogP contribution in [0.4, 0.5) is 4.39 Å². The van der Waals surface area contributed by atoms with Gasteiger partial charge in [-0.15, -0.1) is 0 Å². The van der Waals surface area contributed by atoms with Crippen LogP contribution in [0.1, 0.15) is 10.5 Å². The van der Waals surface area contributed by atoms with Crippen molar-refractivity contribution in [1.82, 2.24) is 9.97 Å². The van der Waals surface area contributed by atoms with Crippen LogP contribution in [-0.2, 0) is 0 Å². The van der Waals surface area contributed by atoms with E-state index >= 15 is 0 Å². The molecule has 0 aliphatic rings. The van der Waals surface area contributed by atoms with E-state index in [0.717, 1.165) is 0 Å². The zero-order valence-electron chi connectivity index (χ0n) is 8.90. The summed E-state index contributed by atoms with van der Waals surface area (Å²) in [7, 11) is 1.37. The fourth-order valence-electron chi connectivity index (χ4n) is 1.39. The van der Waals surface area contributed by atoms with Crippen LogP contribution in [-0.4, -0.2) is 28.2 Å². The number of carbonyl (C=O) groups is 1. The number of aromatic nitrogens is 2. The molecule has 1 aromatic heterocycles. The minimum Gasteiger partial charge on any atom is -0.494 e. The lowest BCUT2D eigenvalue weighted by molar-refractivity contribution is 0.0691. The molecule has 1 aromatic carbocycles. The highest BCUT2D eigenvalue weighted by atomic mass is 19.1. The van der Waals surface area contributed by atoms with Gasteiger partial charge in [0, 0.05) is 5.56 Å². The highest BCUT2D eigenvalue weighted by Gasteiger charge is 2.10. The van der Waals surface area contributed by atoms with Gasteiger partial charge in [-0.3, -0.25) is 0 Å². The molecule has 0 aliphatic carbocycles. The second-order valence-electron chi connectivity index (χ2n) is 3.30. The van der Waals surface area contributed by atoms with E-state index in [1.807, 2.05) is 0 Å². The maximum Gasteiger partial charge on any atom is 0.353 e. The average Bonchev–Trinajstić information content (AvgIpc) is 2.78. The molecule has 0 bridgehead atoms. The molecule has 6 heteroatoms. The molecular weight excluding hydrogens is 227 g/mol. The van der Waals surface area contributed by atoms with Gasteiger partial charge in [-0.1, -0.05) is 0 Å². The van der Waals surface area contributed by atoms with Crippen molar-refractivity contribution in [2.24, 2.45) is 0 Å². The Hall–Kier alpha value is -2.37. The van der Waals surface area contributed by atoms with Gasteiger partial charge >= 0.3 is 5.97 Å². The number of imidazole rings is 1. The van der Waals surface area contributed by atoms with Crippen molar-refractivity contribution in [1.29, 1.82) is 0 Å². The summed E-state index contributed by atoms with van der Waals surface area (Å²) in [6.07, 6.45) is 1.18. The van der Waals surface area contributed by atoms with E-state index in [-0.39, 0.29) is 11.4 Å². The van der Waals surface area contributed by atoms with Crippen molar-refractivity contribution < 1.29 is 19.0 Å². The lowest BCUT2D eigenvalue weighted by atomic mass is 10.2. The quantitative estimate of drug-likeness (QED) is 0.853. The molecule has 88 valence electrons. The van der Waals surface area contributed by atoms with E-state index in [0.29, 0.717) is 11.4 Å². The summed E-state index contributed by atoms with van der Waals surface area (Å²) < 4.78 is 18.2. The molecule has 0 spiro atoms. The van der Waals surface area contributed by atoms with Gasteiger partial charge in [-0.05, 0) is 18.2 Å². The van der Waals surface area contributed by atoms with Crippen LogP contribution in [0.2, 0.25) is 0 Å². The molecule has 0 saturated carbocycles. The number of rotatable bonds is 3. The van der Waals surface area contributed by atoms with Gasteiger partial charge in [0.25, 0.3) is 0 Å². The topological polar surface area (TPSA) is 75.2 Å². The van der Waals surface area contributed by atoms with Gasteiger partial charge in [0.15, 0.2) is 11.6 Å². The normalized spacial score (nSPS) is 10.2. The summed E-state index contributed by atoms with van der Waals surface area (Å²) in [5, 5.41) is 8.72. The Morgan fingerprint density at radius 2 is 2.29 bits per heavy atom. The third-order valence-electron chi connectivity index (χ3n) is 2.23. The van der Waals surface area contributed by atoms with E-state index in [2.05, 4.69) is 9.97 Å². The van der Waals surface area contributed by atoms with Crippen molar-refractivity contribution in [2.75, 3.05) is 7.11 Å². The molecule has 0 atom stereocenters. The van der Waals surface area contributed by atoms with Crippen molar-refractivity contribution >= 4 is 5.97 Å². The molecule has 0 saturated heterocycles. The summed E-state index contributed by atoms with van der Waals surface area (Å²) >= 11 is 0. The maximum atomic E-state index is 13.4. The molecule has 2 N–H and O–H groups in total. The third-order valence-corrected chi connectivity index (χ3v) is 2.23. The van der Waals surface area contributed by atoms with E-state index in [9.17, 15) is 9.18 Å². The number of nitrogens with one attached hydrogen (secondary N) is 1. The van der Waals surface area contributed by atoms with Crippen LogP contribution < -0.4 is 4.74 Å². The van der Waals surface area contributed by atoms with Gasteiger partial charge < -0.3 is 14.8 Å². The number of carboxylic acids is 1. The van der Waals surface area contributed by atoms with Gasteiger partial charge in [0.1, 0.15) is 11.5 Å². The molecule has 0 aliphatic heterocycles. The largest absolute Gasteiger partial charge is 0.494 e. The van der Waals surface area contributed by atoms with E-state index in [1.165, 1.54) is 25.4 Å². The predicted octanol–water partition coefficient (Wildman–Crippen LogP) is 1.92. The highest BCUT2D eigenvalue weighted by molar-refractivity contribution is 5.85. The van der Waals surface area contributed by atoms with Crippen molar-refractivity contribution in [3.8, 4) is 17.1 Å². The second-order valence-corrected chi connectivity index (χ2v) is 3.30. The van der Waals surface area contributed by atoms with Crippen LogP contribution in [0.15, 0.2) is 24.4 Å². The number of nitrogens with zero attached hydrogens (tertiary/aromatic N) is 1. The van der Waals surface area contributed by atoms with E-state index in [1.54, 1.807) is 6.07 Å². The molecule has 2 aromatic rings. The van der Waals surface area contributed by atoms with Gasteiger partial charge in [0.05, 0.1) is 13.3 Å². The monoisotopic (exact) mass is 236 g/mol. The summed E-state index contributed by atoms with van der Waals surface area (Å²) in [6.45, 7) is 0. The Labute approximate surface area is 95.9 Å². The summed E-state index contributed by atoms with van der Waals surface area (Å²) in [5.74, 6) is -1.22. The third kappa shape index (κ3) is 2.10. The number of H-pyrrole nitrogens is 1. The molecule has 1 heterocycles. The number of ether oxygens (including phenoxy) is 1. The van der Waals surface area contributed by atoms with Crippen LogP contribution in [0.3, 0.4) is 0 Å². The Morgan fingerprint density at radius 1 is 1.53 bits per heavy atom. The molecule has 0 unspecified atom stereocenters. The van der Waals surface area contributed by atoms with Crippen LogP contribution in [0, 0.1) is 5.82 Å². The predicted molar refractivity (Wildman–Crippen MR) is 57.5 cm³/mol. The second kappa shape index (κ2) is 4.25. The van der Waals surface area contributed by atoms with Gasteiger partial charge in [-0.2, -0.15) is 0 Å². The van der Waals surface area contributed by atoms with Gasteiger partial charge in [-0.25, -0.2) is 14.2 Å². The van der Waals surface area contributed by atoms with E-state index in [4.69, 9.17) is 9.84 Å². The number of halogens is 1. The molecule has 0 radical (unpaired) electrons. The number of carboxylic acid groups (broad SMARTS) is 1. The standard InChI is InChI=1S/C11H9FN2O3/c1-17-9-3-2-6(4-7(9)12)10-13-5-8(14-10)11(15)16/h2-5H,1H3,(H,13,14)(H,15,16). The highest BCUT2D eigenvalue weighted by Crippen LogP contribution is 2.23. The number of aromatic carboxylic acids is 1. The molecule has 0 amide bonds. The van der Waals surface area contributed by atoms with Crippen molar-refractivity contribution in [3.63, 3.8) is 0 Å². The Bertz CT molecular complexity index is 566. The number of hydrogen-bond donors (Lipinski definition) is 2. The smallest absolute Gasteiger partial charge is 0.353 e. The maximum absolute atomic E-state index is 13.4. The fraction of sp³-hybridized carbons (Fsp3) is 0.0909.